The lowest BCUT2D eigenvalue weighted by atomic mass is 9.78. The van der Waals surface area contributed by atoms with Gasteiger partial charge in [0.05, 0.1) is 5.92 Å². The molecule has 2 rings (SSSR count). The molecule has 1 amide bonds. The van der Waals surface area contributed by atoms with E-state index in [-0.39, 0.29) is 18.8 Å². The largest absolute Gasteiger partial charge is 0.392 e. The summed E-state index contributed by atoms with van der Waals surface area (Å²) in [4.78, 5) is 12.0. The zero-order valence-electron chi connectivity index (χ0n) is 11.8. The molecule has 2 unspecified atom stereocenters. The first-order valence-corrected chi connectivity index (χ1v) is 7.21. The van der Waals surface area contributed by atoms with Crippen LogP contribution in [0.5, 0.6) is 0 Å². The minimum atomic E-state index is -4.27. The first-order chi connectivity index (χ1) is 9.48. The van der Waals surface area contributed by atoms with Crippen LogP contribution >= 0.6 is 12.4 Å². The SMILES string of the molecule is Cl.O=C(NCC1=CCNCC1)C1CCCCC1C(F)(F)F. The monoisotopic (exact) mass is 326 g/mol. The zero-order valence-corrected chi connectivity index (χ0v) is 12.7. The van der Waals surface area contributed by atoms with Crippen molar-refractivity contribution < 1.29 is 18.0 Å². The van der Waals surface area contributed by atoms with Gasteiger partial charge in [0.2, 0.25) is 5.91 Å². The molecule has 1 fully saturated rings. The van der Waals surface area contributed by atoms with Crippen LogP contribution in [0.3, 0.4) is 0 Å². The molecular weight excluding hydrogens is 305 g/mol. The van der Waals surface area contributed by atoms with E-state index in [4.69, 9.17) is 0 Å². The summed E-state index contributed by atoms with van der Waals surface area (Å²) in [5.41, 5.74) is 1.09. The predicted octanol–water partition coefficient (Wildman–Crippen LogP) is 2.81. The highest BCUT2D eigenvalue weighted by molar-refractivity contribution is 5.85. The first-order valence-electron chi connectivity index (χ1n) is 7.21. The highest BCUT2D eigenvalue weighted by Crippen LogP contribution is 2.41. The maximum absolute atomic E-state index is 12.9. The van der Waals surface area contributed by atoms with E-state index in [1.165, 1.54) is 0 Å². The first kappa shape index (κ1) is 18.3. The number of carbonyl (C=O) groups excluding carboxylic acids is 1. The Morgan fingerprint density at radius 3 is 2.67 bits per heavy atom. The molecule has 2 atom stereocenters. The van der Waals surface area contributed by atoms with E-state index in [9.17, 15) is 18.0 Å². The second-order valence-corrected chi connectivity index (χ2v) is 5.57. The van der Waals surface area contributed by atoms with Gasteiger partial charge in [-0.2, -0.15) is 13.2 Å². The van der Waals surface area contributed by atoms with Gasteiger partial charge in [0.1, 0.15) is 0 Å². The second-order valence-electron chi connectivity index (χ2n) is 5.57. The standard InChI is InChI=1S/C14H21F3N2O.ClH/c15-14(16,17)12-4-2-1-3-11(12)13(20)19-9-10-5-7-18-8-6-10;/h5,11-12,18H,1-4,6-9H2,(H,19,20);1H. The Hall–Kier alpha value is -0.750. The van der Waals surface area contributed by atoms with Crippen LogP contribution in [0.15, 0.2) is 11.6 Å². The Labute approximate surface area is 129 Å². The van der Waals surface area contributed by atoms with Gasteiger partial charge in [-0.1, -0.05) is 24.5 Å². The topological polar surface area (TPSA) is 41.1 Å². The Bertz CT molecular complexity index is 385. The summed E-state index contributed by atoms with van der Waals surface area (Å²) in [6.07, 6.45) is 0.253. The van der Waals surface area contributed by atoms with Gasteiger partial charge in [-0.05, 0) is 25.8 Å². The lowest BCUT2D eigenvalue weighted by Crippen LogP contribution is -2.43. The molecular formula is C14H22ClF3N2O. The van der Waals surface area contributed by atoms with Gasteiger partial charge in [0.25, 0.3) is 0 Å². The number of alkyl halides is 3. The Morgan fingerprint density at radius 1 is 1.33 bits per heavy atom. The van der Waals surface area contributed by atoms with Crippen LogP contribution in [0.1, 0.15) is 32.1 Å². The van der Waals surface area contributed by atoms with E-state index >= 15 is 0 Å². The molecule has 2 aliphatic rings. The molecule has 122 valence electrons. The van der Waals surface area contributed by atoms with Crippen LogP contribution in [0.2, 0.25) is 0 Å². The Kier molecular flexibility index (Phi) is 7.00. The lowest BCUT2D eigenvalue weighted by Gasteiger charge is -2.32. The van der Waals surface area contributed by atoms with Gasteiger partial charge in [-0.15, -0.1) is 12.4 Å². The third kappa shape index (κ3) is 5.18. The molecule has 0 radical (unpaired) electrons. The van der Waals surface area contributed by atoms with Crippen molar-refractivity contribution in [1.82, 2.24) is 10.6 Å². The summed E-state index contributed by atoms with van der Waals surface area (Å²) in [5.74, 6) is -2.82. The summed E-state index contributed by atoms with van der Waals surface area (Å²) >= 11 is 0. The molecule has 1 aliphatic carbocycles. The van der Waals surface area contributed by atoms with E-state index in [1.54, 1.807) is 0 Å². The smallest absolute Gasteiger partial charge is 0.352 e. The number of nitrogens with one attached hydrogen (secondary N) is 2. The maximum atomic E-state index is 12.9. The number of amides is 1. The Balaban J connectivity index is 0.00000220. The van der Waals surface area contributed by atoms with Crippen LogP contribution in [0, 0.1) is 11.8 Å². The molecule has 3 nitrogen and oxygen atoms in total. The lowest BCUT2D eigenvalue weighted by molar-refractivity contribution is -0.198. The summed E-state index contributed by atoms with van der Waals surface area (Å²) in [6.45, 7) is 2.00. The average molecular weight is 327 g/mol. The van der Waals surface area contributed by atoms with E-state index < -0.39 is 23.9 Å². The zero-order chi connectivity index (χ0) is 14.6. The number of hydrogen-bond acceptors (Lipinski definition) is 2. The quantitative estimate of drug-likeness (QED) is 0.783. The minimum absolute atomic E-state index is 0. The third-order valence-corrected chi connectivity index (χ3v) is 4.17. The number of carbonyl (C=O) groups is 1. The van der Waals surface area contributed by atoms with Crippen LogP contribution in [0.25, 0.3) is 0 Å². The van der Waals surface area contributed by atoms with Gasteiger partial charge < -0.3 is 10.6 Å². The van der Waals surface area contributed by atoms with Gasteiger partial charge in [0.15, 0.2) is 0 Å². The van der Waals surface area contributed by atoms with Gasteiger partial charge in [0, 0.05) is 19.0 Å². The number of halogens is 4. The molecule has 0 spiro atoms. The predicted molar refractivity (Wildman–Crippen MR) is 77.3 cm³/mol. The van der Waals surface area contributed by atoms with E-state index in [0.29, 0.717) is 25.8 Å². The number of hydrogen-bond donors (Lipinski definition) is 2. The highest BCUT2D eigenvalue weighted by atomic mass is 35.5. The fourth-order valence-corrected chi connectivity index (χ4v) is 3.00. The molecule has 1 heterocycles. The average Bonchev–Trinajstić information content (AvgIpc) is 2.45. The van der Waals surface area contributed by atoms with Crippen molar-refractivity contribution in [2.45, 2.75) is 38.3 Å². The molecule has 0 saturated heterocycles. The maximum Gasteiger partial charge on any atom is 0.392 e. The summed E-state index contributed by atoms with van der Waals surface area (Å²) in [6, 6.07) is 0. The fraction of sp³-hybridized carbons (Fsp3) is 0.786. The molecule has 21 heavy (non-hydrogen) atoms. The summed E-state index contributed by atoms with van der Waals surface area (Å²) < 4.78 is 38.8. The van der Waals surface area contributed by atoms with Crippen LogP contribution < -0.4 is 10.6 Å². The van der Waals surface area contributed by atoms with Crippen molar-refractivity contribution in [3.05, 3.63) is 11.6 Å². The summed E-state index contributed by atoms with van der Waals surface area (Å²) in [7, 11) is 0. The normalized spacial score (nSPS) is 26.5. The van der Waals surface area contributed by atoms with E-state index in [1.807, 2.05) is 6.08 Å². The molecule has 0 aromatic rings. The minimum Gasteiger partial charge on any atom is -0.352 e. The molecule has 0 aromatic heterocycles. The fourth-order valence-electron chi connectivity index (χ4n) is 3.00. The van der Waals surface area contributed by atoms with Crippen molar-refractivity contribution in [3.8, 4) is 0 Å². The molecule has 2 N–H and O–H groups in total. The van der Waals surface area contributed by atoms with Crippen molar-refractivity contribution >= 4 is 18.3 Å². The van der Waals surface area contributed by atoms with Crippen LogP contribution in [-0.2, 0) is 4.79 Å². The van der Waals surface area contributed by atoms with E-state index in [2.05, 4.69) is 10.6 Å². The third-order valence-electron chi connectivity index (χ3n) is 4.17. The molecule has 7 heteroatoms. The van der Waals surface area contributed by atoms with Gasteiger partial charge in [-0.3, -0.25) is 4.79 Å². The van der Waals surface area contributed by atoms with Crippen LogP contribution in [0.4, 0.5) is 13.2 Å². The van der Waals surface area contributed by atoms with Gasteiger partial charge in [-0.25, -0.2) is 0 Å². The molecule has 0 bridgehead atoms. The van der Waals surface area contributed by atoms with Crippen molar-refractivity contribution in [1.29, 1.82) is 0 Å². The molecule has 1 aliphatic heterocycles. The van der Waals surface area contributed by atoms with Crippen molar-refractivity contribution in [2.24, 2.45) is 11.8 Å². The second kappa shape index (κ2) is 8.03. The van der Waals surface area contributed by atoms with Crippen LogP contribution in [-0.4, -0.2) is 31.7 Å². The number of rotatable bonds is 3. The highest BCUT2D eigenvalue weighted by Gasteiger charge is 2.47. The Morgan fingerprint density at radius 2 is 2.05 bits per heavy atom. The summed E-state index contributed by atoms with van der Waals surface area (Å²) in [5, 5.41) is 5.84. The van der Waals surface area contributed by atoms with Gasteiger partial charge >= 0.3 is 6.18 Å². The molecule has 1 saturated carbocycles. The van der Waals surface area contributed by atoms with Crippen molar-refractivity contribution in [2.75, 3.05) is 19.6 Å². The molecule has 0 aromatic carbocycles. The van der Waals surface area contributed by atoms with Crippen molar-refractivity contribution in [3.63, 3.8) is 0 Å². The van der Waals surface area contributed by atoms with E-state index in [0.717, 1.165) is 25.1 Å².